The number of thiazole rings is 1. The molecule has 3 amide bonds. The normalized spacial score (nSPS) is 18.7. The minimum atomic E-state index is -0.973. The second-order valence-electron chi connectivity index (χ2n) is 20.8. The highest BCUT2D eigenvalue weighted by molar-refractivity contribution is 7.13. The lowest BCUT2D eigenvalue weighted by molar-refractivity contribution is -0.144. The van der Waals surface area contributed by atoms with Crippen molar-refractivity contribution in [2.24, 2.45) is 11.3 Å². The Balaban J connectivity index is 0.763. The summed E-state index contributed by atoms with van der Waals surface area (Å²) in [6.07, 6.45) is 0.866. The zero-order valence-corrected chi connectivity index (χ0v) is 44.1. The fourth-order valence-corrected chi connectivity index (χ4v) is 11.4. The Morgan fingerprint density at radius 1 is 0.986 bits per heavy atom. The number of halogens is 2. The molecule has 4 atom stereocenters. The van der Waals surface area contributed by atoms with Crippen LogP contribution in [0.2, 0.25) is 5.02 Å². The van der Waals surface area contributed by atoms with Crippen LogP contribution in [0.15, 0.2) is 72.2 Å². The Morgan fingerprint density at radius 3 is 2.45 bits per heavy atom. The summed E-state index contributed by atoms with van der Waals surface area (Å²) in [4.78, 5) is 61.9. The number of rotatable bonds is 16. The number of piperazine rings is 1. The Morgan fingerprint density at radius 2 is 1.73 bits per heavy atom. The number of hydrogen-bond donors (Lipinski definition) is 5. The number of likely N-dealkylation sites (tertiary alicyclic amines) is 2. The van der Waals surface area contributed by atoms with Crippen molar-refractivity contribution in [1.82, 2.24) is 40.7 Å². The molecular weight excluding hydrogens is 985 g/mol. The first-order chi connectivity index (χ1) is 35.5. The third-order valence-electron chi connectivity index (χ3n) is 14.4. The number of nitrogens with one attached hydrogen (secondary N) is 3. The molecule has 3 fully saturated rings. The smallest absolute Gasteiger partial charge is 0.319 e. The molecule has 6 aromatic rings. The third kappa shape index (κ3) is 11.9. The average molecular weight is 1050 g/mol. The van der Waals surface area contributed by atoms with Gasteiger partial charge in [-0.15, -0.1) is 11.3 Å². The number of aliphatic hydroxyl groups excluding tert-OH is 1. The number of carbonyl (C=O) groups excluding carboxylic acids is 3. The molecule has 4 aromatic carbocycles. The van der Waals surface area contributed by atoms with Gasteiger partial charge in [-0.3, -0.25) is 19.3 Å². The maximum atomic E-state index is 16.9. The molecule has 0 saturated carbocycles. The predicted molar refractivity (Wildman–Crippen MR) is 286 cm³/mol. The SMILES string of the molecule is Cc1ncsc1-c1ccc(C(C)NC(=O)[C@@H]2C[C@@H](O)CN2C(=O)[C@@H](NC(=O)COCC2CCN(CCOc3nc(N4CCNCC4)c4cc(Cl)c(-c5cc(O)cc6ccccc56)c(F)c4n3)CC2)C(C)(C)C)cc1. The number of amides is 3. The van der Waals surface area contributed by atoms with Crippen LogP contribution in [0.4, 0.5) is 10.2 Å². The molecule has 2 aromatic heterocycles. The van der Waals surface area contributed by atoms with Crippen molar-refractivity contribution in [1.29, 1.82) is 0 Å². The first kappa shape index (κ1) is 52.8. The van der Waals surface area contributed by atoms with Crippen LogP contribution < -0.4 is 25.6 Å². The number of hydrogen-bond acceptors (Lipinski definition) is 14. The van der Waals surface area contributed by atoms with E-state index in [-0.39, 0.29) is 71.9 Å². The van der Waals surface area contributed by atoms with Crippen LogP contribution in [0.1, 0.15) is 64.3 Å². The summed E-state index contributed by atoms with van der Waals surface area (Å²) in [5, 5.41) is 32.7. The molecule has 0 spiro atoms. The van der Waals surface area contributed by atoms with Crippen LogP contribution in [0.5, 0.6) is 11.8 Å². The van der Waals surface area contributed by atoms with Crippen LogP contribution in [0.3, 0.4) is 0 Å². The number of benzene rings is 4. The lowest BCUT2D eigenvalue weighted by Crippen LogP contribution is -2.58. The van der Waals surface area contributed by atoms with E-state index in [4.69, 9.17) is 26.1 Å². The number of aryl methyl sites for hydroxylation is 1. The average Bonchev–Trinajstić information content (AvgIpc) is 4.01. The van der Waals surface area contributed by atoms with Crippen molar-refractivity contribution in [2.45, 2.75) is 78.1 Å². The number of aromatic hydroxyl groups is 1. The van der Waals surface area contributed by atoms with Crippen molar-refractivity contribution >= 4 is 68.2 Å². The Labute approximate surface area is 439 Å². The molecule has 0 radical (unpaired) electrons. The predicted octanol–water partition coefficient (Wildman–Crippen LogP) is 7.27. The van der Waals surface area contributed by atoms with Crippen LogP contribution >= 0.6 is 22.9 Å². The van der Waals surface area contributed by atoms with Crippen LogP contribution in [-0.2, 0) is 19.1 Å². The van der Waals surface area contributed by atoms with Gasteiger partial charge in [0.15, 0.2) is 5.82 Å². The van der Waals surface area contributed by atoms with Gasteiger partial charge in [-0.1, -0.05) is 80.9 Å². The number of phenolic OH excluding ortho intramolecular Hbond substituents is 1. The standard InChI is InChI=1S/C55H65ClFN9O7S/c1-32(35-10-12-36(13-11-35)49-33(2)59-31-74-49)60-52(70)44-26-39(68)28-66(44)53(71)50(55(3,4)5)61-45(69)30-72-29-34-14-18-64(19-15-34)22-23-73-54-62-48-42(51(63-54)65-20-16-58-17-21-65)27-43(56)46(47(48)57)41-25-38(67)24-37-8-6-7-9-40(37)41/h6-13,24-25,27,31-32,34,39,44,50,58,67-68H,14-23,26,28-30H2,1-5H3,(H,60,70)(H,61,69)/t32?,39-,44+,50-/m1/s1. The van der Waals surface area contributed by atoms with Gasteiger partial charge in [0.05, 0.1) is 39.9 Å². The number of anilines is 1. The molecule has 3 aliphatic rings. The molecule has 0 aliphatic carbocycles. The van der Waals surface area contributed by atoms with Gasteiger partial charge in [-0.05, 0) is 96.8 Å². The molecule has 74 heavy (non-hydrogen) atoms. The second kappa shape index (κ2) is 22.8. The van der Waals surface area contributed by atoms with E-state index in [1.165, 1.54) is 11.0 Å². The van der Waals surface area contributed by atoms with Gasteiger partial charge >= 0.3 is 6.01 Å². The van der Waals surface area contributed by atoms with Crippen molar-refractivity contribution in [2.75, 3.05) is 77.1 Å². The van der Waals surface area contributed by atoms with Crippen LogP contribution in [-0.4, -0.2) is 143 Å². The highest BCUT2D eigenvalue weighted by Crippen LogP contribution is 2.43. The van der Waals surface area contributed by atoms with Gasteiger partial charge < -0.3 is 45.4 Å². The minimum Gasteiger partial charge on any atom is -0.508 e. The molecule has 3 aliphatic heterocycles. The van der Waals surface area contributed by atoms with Crippen LogP contribution in [0, 0.1) is 24.1 Å². The van der Waals surface area contributed by atoms with Gasteiger partial charge in [0.2, 0.25) is 17.7 Å². The molecule has 0 bridgehead atoms. The highest BCUT2D eigenvalue weighted by Gasteiger charge is 2.45. The van der Waals surface area contributed by atoms with Crippen molar-refractivity contribution < 1.29 is 38.5 Å². The lowest BCUT2D eigenvalue weighted by Gasteiger charge is -2.35. The van der Waals surface area contributed by atoms with Gasteiger partial charge in [-0.25, -0.2) is 9.37 Å². The summed E-state index contributed by atoms with van der Waals surface area (Å²) in [5.41, 5.74) is 4.68. The second-order valence-corrected chi connectivity index (χ2v) is 22.0. The summed E-state index contributed by atoms with van der Waals surface area (Å²) < 4.78 is 29.0. The van der Waals surface area contributed by atoms with E-state index in [1.54, 1.807) is 23.5 Å². The van der Waals surface area contributed by atoms with E-state index < -0.39 is 41.2 Å². The quantitative estimate of drug-likeness (QED) is 0.0651. The number of fused-ring (bicyclic) bond motifs is 2. The number of β-amino-alcohol motifs (C(OH)–C–C–N with tert-alkyl or cyclic N) is 1. The molecule has 1 unspecified atom stereocenters. The summed E-state index contributed by atoms with van der Waals surface area (Å²) >= 11 is 8.46. The van der Waals surface area contributed by atoms with Crippen molar-refractivity contribution in [3.8, 4) is 33.3 Å². The zero-order chi connectivity index (χ0) is 52.3. The summed E-state index contributed by atoms with van der Waals surface area (Å²) in [6.45, 7) is 14.7. The molecule has 3 saturated heterocycles. The van der Waals surface area contributed by atoms with Crippen LogP contribution in [0.25, 0.3) is 43.2 Å². The molecule has 5 N–H and O–H groups in total. The Bertz CT molecular complexity index is 3000. The molecule has 19 heteroatoms. The summed E-state index contributed by atoms with van der Waals surface area (Å²) in [7, 11) is 0. The first-order valence-corrected chi connectivity index (χ1v) is 26.7. The number of ether oxygens (including phenoxy) is 2. The summed E-state index contributed by atoms with van der Waals surface area (Å²) in [5.74, 6) is -1.13. The third-order valence-corrected chi connectivity index (χ3v) is 15.6. The largest absolute Gasteiger partial charge is 0.508 e. The number of piperidine rings is 1. The van der Waals surface area contributed by atoms with Gasteiger partial charge in [0.25, 0.3) is 0 Å². The summed E-state index contributed by atoms with van der Waals surface area (Å²) in [6, 6.07) is 18.0. The monoisotopic (exact) mass is 1050 g/mol. The maximum absolute atomic E-state index is 16.9. The first-order valence-electron chi connectivity index (χ1n) is 25.4. The van der Waals surface area contributed by atoms with E-state index in [0.29, 0.717) is 43.0 Å². The molecule has 9 rings (SSSR count). The lowest BCUT2D eigenvalue weighted by atomic mass is 9.85. The molecule has 5 heterocycles. The van der Waals surface area contributed by atoms with E-state index in [0.717, 1.165) is 71.5 Å². The minimum absolute atomic E-state index is 0.00624. The highest BCUT2D eigenvalue weighted by atomic mass is 35.5. The van der Waals surface area contributed by atoms with E-state index in [2.05, 4.69) is 35.7 Å². The maximum Gasteiger partial charge on any atom is 0.319 e. The van der Waals surface area contributed by atoms with Crippen molar-refractivity contribution in [3.63, 3.8) is 0 Å². The fraction of sp³-hybridized carbons (Fsp3) is 0.455. The molecule has 392 valence electrons. The topological polar surface area (TPSA) is 195 Å². The fourth-order valence-electron chi connectivity index (χ4n) is 10.3. The number of aliphatic hydroxyl groups is 1. The number of nitrogens with zero attached hydrogens (tertiary/aromatic N) is 6. The van der Waals surface area contributed by atoms with E-state index >= 15 is 4.39 Å². The van der Waals surface area contributed by atoms with Gasteiger partial charge in [0, 0.05) is 56.6 Å². The number of carbonyl (C=O) groups is 3. The van der Waals surface area contributed by atoms with Gasteiger partial charge in [-0.2, -0.15) is 9.97 Å². The number of phenols is 1. The van der Waals surface area contributed by atoms with Gasteiger partial charge in [0.1, 0.15) is 42.4 Å². The number of aromatic nitrogens is 3. The van der Waals surface area contributed by atoms with E-state index in [9.17, 15) is 24.6 Å². The molecule has 16 nitrogen and oxygen atoms in total. The Kier molecular flexibility index (Phi) is 16.3. The Hall–Kier alpha value is -6.02. The van der Waals surface area contributed by atoms with Crippen molar-refractivity contribution in [3.05, 3.63) is 94.3 Å². The molecular formula is C55H65ClFN9O7S. The van der Waals surface area contributed by atoms with E-state index in [1.807, 2.05) is 88.7 Å². The zero-order valence-electron chi connectivity index (χ0n) is 42.5.